The van der Waals surface area contributed by atoms with E-state index in [2.05, 4.69) is 23.2 Å². The zero-order chi connectivity index (χ0) is 16.2. The van der Waals surface area contributed by atoms with Crippen LogP contribution in [-0.2, 0) is 11.3 Å². The molecule has 2 aromatic carbocycles. The molecule has 1 atom stereocenters. The van der Waals surface area contributed by atoms with Crippen molar-refractivity contribution < 1.29 is 9.18 Å². The molecule has 0 aromatic heterocycles. The van der Waals surface area contributed by atoms with Gasteiger partial charge in [0.25, 0.3) is 0 Å². The highest BCUT2D eigenvalue weighted by Gasteiger charge is 2.23. The fraction of sp³-hybridized carbons (Fsp3) is 0.278. The third-order valence-corrected chi connectivity index (χ3v) is 4.88. The van der Waals surface area contributed by atoms with Gasteiger partial charge in [-0.3, -0.25) is 4.79 Å². The summed E-state index contributed by atoms with van der Waals surface area (Å²) in [6, 6.07) is 14.4. The predicted molar refractivity (Wildman–Crippen MR) is 92.2 cm³/mol. The normalized spacial score (nSPS) is 16.8. The third kappa shape index (κ3) is 4.05. The molecule has 5 heteroatoms. The monoisotopic (exact) mass is 330 g/mol. The minimum absolute atomic E-state index is 0.0526. The van der Waals surface area contributed by atoms with Crippen molar-refractivity contribution in [1.29, 1.82) is 0 Å². The lowest BCUT2D eigenvalue weighted by Crippen LogP contribution is -2.41. The first-order valence-electron chi connectivity index (χ1n) is 7.63. The molecule has 0 spiro atoms. The number of anilines is 1. The lowest BCUT2D eigenvalue weighted by Gasteiger charge is -2.33. The lowest BCUT2D eigenvalue weighted by molar-refractivity contribution is -0.119. The second-order valence-corrected chi connectivity index (χ2v) is 7.16. The summed E-state index contributed by atoms with van der Waals surface area (Å²) in [5.41, 5.74) is 1.87. The molecule has 0 saturated carbocycles. The van der Waals surface area contributed by atoms with Crippen LogP contribution in [0, 0.1) is 5.82 Å². The summed E-state index contributed by atoms with van der Waals surface area (Å²) in [6.45, 7) is 3.67. The van der Waals surface area contributed by atoms with E-state index in [1.54, 1.807) is 12.1 Å². The van der Waals surface area contributed by atoms with Crippen LogP contribution >= 0.6 is 11.8 Å². The van der Waals surface area contributed by atoms with Crippen molar-refractivity contribution in [2.24, 2.45) is 0 Å². The number of benzene rings is 2. The van der Waals surface area contributed by atoms with Crippen molar-refractivity contribution in [2.45, 2.75) is 23.6 Å². The SMILES string of the molecule is C[C@@H]1CN(CC(=O)NCc2cccc(F)c2)c2ccccc2S1. The van der Waals surface area contributed by atoms with Gasteiger partial charge >= 0.3 is 0 Å². The summed E-state index contributed by atoms with van der Waals surface area (Å²) < 4.78 is 13.1. The molecule has 1 heterocycles. The maximum Gasteiger partial charge on any atom is 0.239 e. The van der Waals surface area contributed by atoms with Gasteiger partial charge in [-0.15, -0.1) is 11.8 Å². The summed E-state index contributed by atoms with van der Waals surface area (Å²) in [5.74, 6) is -0.337. The van der Waals surface area contributed by atoms with Gasteiger partial charge in [-0.2, -0.15) is 0 Å². The minimum Gasteiger partial charge on any atom is -0.360 e. The van der Waals surface area contributed by atoms with E-state index in [9.17, 15) is 9.18 Å². The second-order valence-electron chi connectivity index (χ2n) is 5.68. The molecule has 0 bridgehead atoms. The van der Waals surface area contributed by atoms with Gasteiger partial charge in [-0.1, -0.05) is 31.2 Å². The van der Waals surface area contributed by atoms with E-state index in [0.29, 0.717) is 18.3 Å². The summed E-state index contributed by atoms with van der Waals surface area (Å²) in [7, 11) is 0. The van der Waals surface area contributed by atoms with Gasteiger partial charge in [-0.05, 0) is 29.8 Å². The molecule has 3 nitrogen and oxygen atoms in total. The van der Waals surface area contributed by atoms with Crippen molar-refractivity contribution in [1.82, 2.24) is 5.32 Å². The topological polar surface area (TPSA) is 32.3 Å². The van der Waals surface area contributed by atoms with Crippen LogP contribution in [0.4, 0.5) is 10.1 Å². The molecule has 0 fully saturated rings. The zero-order valence-electron chi connectivity index (χ0n) is 13.0. The van der Waals surface area contributed by atoms with Crippen LogP contribution in [0.15, 0.2) is 53.4 Å². The number of para-hydroxylation sites is 1. The highest BCUT2D eigenvalue weighted by Crippen LogP contribution is 2.37. The molecule has 1 N–H and O–H groups in total. The Morgan fingerprint density at radius 3 is 2.96 bits per heavy atom. The largest absolute Gasteiger partial charge is 0.360 e. The third-order valence-electron chi connectivity index (χ3n) is 3.72. The fourth-order valence-corrected chi connectivity index (χ4v) is 3.87. The standard InChI is InChI=1S/C18H19FN2OS/c1-13-11-21(16-7-2-3-8-17(16)23-13)12-18(22)20-10-14-5-4-6-15(19)9-14/h2-9,13H,10-12H2,1H3,(H,20,22)/t13-/m1/s1. The average molecular weight is 330 g/mol. The molecule has 3 rings (SSSR count). The smallest absolute Gasteiger partial charge is 0.239 e. The van der Waals surface area contributed by atoms with Gasteiger partial charge in [0.15, 0.2) is 0 Å². The number of hydrogen-bond donors (Lipinski definition) is 1. The average Bonchev–Trinajstić information content (AvgIpc) is 2.53. The van der Waals surface area contributed by atoms with Crippen LogP contribution in [0.2, 0.25) is 0 Å². The Morgan fingerprint density at radius 2 is 2.13 bits per heavy atom. The van der Waals surface area contributed by atoms with Crippen LogP contribution in [0.5, 0.6) is 0 Å². The van der Waals surface area contributed by atoms with Crippen LogP contribution in [0.3, 0.4) is 0 Å². The Morgan fingerprint density at radius 1 is 1.30 bits per heavy atom. The quantitative estimate of drug-likeness (QED) is 0.932. The number of rotatable bonds is 4. The van der Waals surface area contributed by atoms with Crippen LogP contribution in [0.1, 0.15) is 12.5 Å². The summed E-state index contributed by atoms with van der Waals surface area (Å²) in [5, 5.41) is 3.31. The van der Waals surface area contributed by atoms with Crippen LogP contribution in [-0.4, -0.2) is 24.2 Å². The lowest BCUT2D eigenvalue weighted by atomic mass is 10.2. The van der Waals surface area contributed by atoms with E-state index in [1.807, 2.05) is 30.0 Å². The molecule has 2 aromatic rings. The van der Waals surface area contributed by atoms with Gasteiger partial charge in [0.2, 0.25) is 5.91 Å². The van der Waals surface area contributed by atoms with Crippen molar-refractivity contribution in [3.05, 3.63) is 59.9 Å². The highest BCUT2D eigenvalue weighted by molar-refractivity contribution is 8.00. The first-order chi connectivity index (χ1) is 11.1. The Bertz CT molecular complexity index is 707. The van der Waals surface area contributed by atoms with E-state index in [0.717, 1.165) is 17.8 Å². The van der Waals surface area contributed by atoms with Crippen molar-refractivity contribution in [3.8, 4) is 0 Å². The number of nitrogens with zero attached hydrogens (tertiary/aromatic N) is 1. The molecule has 0 radical (unpaired) electrons. The molecule has 23 heavy (non-hydrogen) atoms. The van der Waals surface area contributed by atoms with Gasteiger partial charge in [-0.25, -0.2) is 4.39 Å². The van der Waals surface area contributed by atoms with E-state index < -0.39 is 0 Å². The van der Waals surface area contributed by atoms with Gasteiger partial charge in [0, 0.05) is 23.2 Å². The summed E-state index contributed by atoms with van der Waals surface area (Å²) in [4.78, 5) is 15.6. The van der Waals surface area contributed by atoms with E-state index in [4.69, 9.17) is 0 Å². The first-order valence-corrected chi connectivity index (χ1v) is 8.51. The molecular weight excluding hydrogens is 311 g/mol. The molecular formula is C18H19FN2OS. The Labute approximate surface area is 139 Å². The van der Waals surface area contributed by atoms with Gasteiger partial charge in [0.1, 0.15) is 5.82 Å². The molecule has 1 aliphatic rings. The van der Waals surface area contributed by atoms with E-state index in [1.165, 1.54) is 17.0 Å². The zero-order valence-corrected chi connectivity index (χ0v) is 13.8. The minimum atomic E-state index is -0.285. The number of nitrogens with one attached hydrogen (secondary N) is 1. The van der Waals surface area contributed by atoms with Crippen molar-refractivity contribution in [2.75, 3.05) is 18.0 Å². The predicted octanol–water partition coefficient (Wildman–Crippen LogP) is 3.44. The highest BCUT2D eigenvalue weighted by atomic mass is 32.2. The number of fused-ring (bicyclic) bond motifs is 1. The summed E-state index contributed by atoms with van der Waals surface area (Å²) >= 11 is 1.84. The second kappa shape index (κ2) is 7.04. The van der Waals surface area contributed by atoms with E-state index >= 15 is 0 Å². The van der Waals surface area contributed by atoms with Crippen LogP contribution in [0.25, 0.3) is 0 Å². The maximum atomic E-state index is 13.1. The van der Waals surface area contributed by atoms with Gasteiger partial charge in [0.05, 0.1) is 12.2 Å². The Hall–Kier alpha value is -2.01. The van der Waals surface area contributed by atoms with Crippen molar-refractivity contribution >= 4 is 23.4 Å². The Balaban J connectivity index is 1.62. The van der Waals surface area contributed by atoms with Crippen molar-refractivity contribution in [3.63, 3.8) is 0 Å². The first kappa shape index (κ1) is 15.9. The molecule has 1 amide bonds. The molecule has 120 valence electrons. The number of hydrogen-bond acceptors (Lipinski definition) is 3. The molecule has 0 saturated heterocycles. The summed E-state index contributed by atoms with van der Waals surface area (Å²) in [6.07, 6.45) is 0. The number of carbonyl (C=O) groups excluding carboxylic acids is 1. The fourth-order valence-electron chi connectivity index (χ4n) is 2.71. The molecule has 1 aliphatic heterocycles. The number of carbonyl (C=O) groups is 1. The van der Waals surface area contributed by atoms with Crippen LogP contribution < -0.4 is 10.2 Å². The number of amides is 1. The molecule has 0 aliphatic carbocycles. The Kier molecular flexibility index (Phi) is 4.86. The van der Waals surface area contributed by atoms with E-state index in [-0.39, 0.29) is 11.7 Å². The number of thioether (sulfide) groups is 1. The molecule has 0 unspecified atom stereocenters. The number of halogens is 1. The maximum absolute atomic E-state index is 13.1. The van der Waals surface area contributed by atoms with Gasteiger partial charge < -0.3 is 10.2 Å².